The number of hydrogen-bond donors (Lipinski definition) is 1. The van der Waals surface area contributed by atoms with Crippen LogP contribution in [0, 0.1) is 11.7 Å². The van der Waals surface area contributed by atoms with Crippen molar-refractivity contribution in [3.05, 3.63) is 35.6 Å². The zero-order valence-corrected chi connectivity index (χ0v) is 10.8. The predicted octanol–water partition coefficient (Wildman–Crippen LogP) is 0.492. The number of amides is 2. The fourth-order valence-corrected chi connectivity index (χ4v) is 1.99. The van der Waals surface area contributed by atoms with Gasteiger partial charge >= 0.3 is 5.97 Å². The predicted molar refractivity (Wildman–Crippen MR) is 65.7 cm³/mol. The molecule has 7 heteroatoms. The van der Waals surface area contributed by atoms with Gasteiger partial charge < -0.3 is 4.74 Å². The van der Waals surface area contributed by atoms with Crippen molar-refractivity contribution in [1.82, 2.24) is 10.4 Å². The van der Waals surface area contributed by atoms with Crippen molar-refractivity contribution < 1.29 is 23.5 Å². The van der Waals surface area contributed by atoms with E-state index in [2.05, 4.69) is 10.2 Å². The summed E-state index contributed by atoms with van der Waals surface area (Å²) < 4.78 is 18.1. The molecule has 2 rings (SSSR count). The van der Waals surface area contributed by atoms with Crippen molar-refractivity contribution >= 4 is 17.8 Å². The van der Waals surface area contributed by atoms with Gasteiger partial charge in [-0.2, -0.15) is 0 Å². The third-order valence-electron chi connectivity index (χ3n) is 2.98. The van der Waals surface area contributed by atoms with Crippen LogP contribution in [0.25, 0.3) is 0 Å². The zero-order valence-electron chi connectivity index (χ0n) is 10.8. The average molecular weight is 280 g/mol. The molecule has 0 radical (unpaired) electrons. The summed E-state index contributed by atoms with van der Waals surface area (Å²) in [4.78, 5) is 35.1. The molecule has 20 heavy (non-hydrogen) atoms. The van der Waals surface area contributed by atoms with Crippen LogP contribution < -0.4 is 5.43 Å². The Hall–Kier alpha value is -2.44. The van der Waals surface area contributed by atoms with Crippen molar-refractivity contribution in [3.8, 4) is 0 Å². The summed E-state index contributed by atoms with van der Waals surface area (Å²) in [6, 6.07) is 5.43. The van der Waals surface area contributed by atoms with E-state index >= 15 is 0 Å². The van der Waals surface area contributed by atoms with Crippen molar-refractivity contribution in [2.24, 2.45) is 5.92 Å². The van der Waals surface area contributed by atoms with Gasteiger partial charge in [0.15, 0.2) is 0 Å². The highest BCUT2D eigenvalue weighted by molar-refractivity contribution is 5.97. The molecule has 1 saturated heterocycles. The van der Waals surface area contributed by atoms with Crippen LogP contribution in [0.5, 0.6) is 0 Å². The summed E-state index contributed by atoms with van der Waals surface area (Å²) >= 11 is 0. The molecular weight excluding hydrogens is 267 g/mol. The van der Waals surface area contributed by atoms with Crippen molar-refractivity contribution in [2.75, 3.05) is 13.7 Å². The number of benzene rings is 1. The van der Waals surface area contributed by atoms with Crippen molar-refractivity contribution in [3.63, 3.8) is 0 Å². The van der Waals surface area contributed by atoms with Gasteiger partial charge in [0, 0.05) is 6.42 Å². The molecule has 6 nitrogen and oxygen atoms in total. The summed E-state index contributed by atoms with van der Waals surface area (Å²) in [5.41, 5.74) is 2.15. The van der Waals surface area contributed by atoms with E-state index in [-0.39, 0.29) is 18.5 Å². The number of ether oxygens (including phenoxy) is 1. The van der Waals surface area contributed by atoms with Gasteiger partial charge in [0.25, 0.3) is 5.91 Å². The van der Waals surface area contributed by atoms with Gasteiger partial charge in [-0.15, -0.1) is 0 Å². The van der Waals surface area contributed by atoms with E-state index in [0.717, 1.165) is 11.1 Å². The van der Waals surface area contributed by atoms with E-state index in [9.17, 15) is 18.8 Å². The normalized spacial score (nSPS) is 18.4. The lowest BCUT2D eigenvalue weighted by Gasteiger charge is -2.31. The monoisotopic (exact) mass is 280 g/mol. The summed E-state index contributed by atoms with van der Waals surface area (Å²) in [5, 5.41) is 0.936. The van der Waals surface area contributed by atoms with E-state index in [1.807, 2.05) is 0 Å². The number of nitrogens with zero attached hydrogens (tertiary/aromatic N) is 1. The highest BCUT2D eigenvalue weighted by atomic mass is 19.1. The minimum absolute atomic E-state index is 0.0500. The van der Waals surface area contributed by atoms with E-state index in [1.165, 1.54) is 25.3 Å². The van der Waals surface area contributed by atoms with Crippen LogP contribution >= 0.6 is 0 Å². The summed E-state index contributed by atoms with van der Waals surface area (Å²) in [6.07, 6.45) is -0.0618. The Morgan fingerprint density at radius 2 is 2.10 bits per heavy atom. The number of esters is 1. The Morgan fingerprint density at radius 3 is 2.75 bits per heavy atom. The van der Waals surface area contributed by atoms with Crippen LogP contribution in [0.15, 0.2) is 24.3 Å². The molecule has 0 saturated carbocycles. The molecule has 1 aliphatic heterocycles. The fourth-order valence-electron chi connectivity index (χ4n) is 1.99. The first-order valence-electron chi connectivity index (χ1n) is 5.96. The van der Waals surface area contributed by atoms with E-state index < -0.39 is 29.5 Å². The molecule has 106 valence electrons. The first kappa shape index (κ1) is 14.0. The highest BCUT2D eigenvalue weighted by Gasteiger charge is 2.34. The molecule has 0 bridgehead atoms. The Bertz CT molecular complexity index is 561. The molecule has 1 fully saturated rings. The van der Waals surface area contributed by atoms with Gasteiger partial charge in [0.1, 0.15) is 5.82 Å². The van der Waals surface area contributed by atoms with Crippen molar-refractivity contribution in [1.29, 1.82) is 0 Å². The number of rotatable bonds is 2. The lowest BCUT2D eigenvalue weighted by molar-refractivity contribution is -0.151. The number of hydrazine groups is 1. The Labute approximate surface area is 114 Å². The number of carbonyl (C=O) groups is 3. The average Bonchev–Trinajstić information content (AvgIpc) is 2.45. The molecule has 0 spiro atoms. The van der Waals surface area contributed by atoms with Gasteiger partial charge in [-0.1, -0.05) is 12.1 Å². The number of methoxy groups -OCH3 is 1. The van der Waals surface area contributed by atoms with Crippen molar-refractivity contribution in [2.45, 2.75) is 6.42 Å². The maximum absolute atomic E-state index is 13.6. The van der Waals surface area contributed by atoms with E-state index in [0.29, 0.717) is 0 Å². The molecule has 0 aromatic heterocycles. The largest absolute Gasteiger partial charge is 0.469 e. The van der Waals surface area contributed by atoms with Gasteiger partial charge in [-0.3, -0.25) is 19.8 Å². The van der Waals surface area contributed by atoms with Crippen LogP contribution in [-0.2, 0) is 14.3 Å². The molecule has 1 aromatic carbocycles. The van der Waals surface area contributed by atoms with E-state index in [1.54, 1.807) is 0 Å². The molecule has 1 aromatic rings. The van der Waals surface area contributed by atoms with E-state index in [4.69, 9.17) is 0 Å². The molecule has 1 aliphatic rings. The Kier molecular flexibility index (Phi) is 3.97. The minimum Gasteiger partial charge on any atom is -0.469 e. The standard InChI is InChI=1S/C13H13FN2O4/c1-20-13(19)8-6-11(17)15-16(7-8)12(18)9-4-2-3-5-10(9)14/h2-5,8H,6-7H2,1H3,(H,15,17). The smallest absolute Gasteiger partial charge is 0.311 e. The second kappa shape index (κ2) is 5.68. The number of hydrogen-bond acceptors (Lipinski definition) is 4. The van der Waals surface area contributed by atoms with Gasteiger partial charge in [0.05, 0.1) is 25.1 Å². The Morgan fingerprint density at radius 1 is 1.40 bits per heavy atom. The molecule has 2 amide bonds. The molecular formula is C13H13FN2O4. The molecule has 1 unspecified atom stereocenters. The second-order valence-electron chi connectivity index (χ2n) is 4.35. The third-order valence-corrected chi connectivity index (χ3v) is 2.98. The minimum atomic E-state index is -0.746. The Balaban J connectivity index is 2.19. The summed E-state index contributed by atoms with van der Waals surface area (Å²) in [7, 11) is 1.21. The highest BCUT2D eigenvalue weighted by Crippen LogP contribution is 2.16. The fraction of sp³-hybridized carbons (Fsp3) is 0.308. The number of carbonyl (C=O) groups excluding carboxylic acids is 3. The quantitative estimate of drug-likeness (QED) is 0.800. The third kappa shape index (κ3) is 2.76. The van der Waals surface area contributed by atoms with Crippen LogP contribution in [0.4, 0.5) is 4.39 Å². The SMILES string of the molecule is COC(=O)C1CC(=O)NN(C(=O)c2ccccc2F)C1. The van der Waals surface area contributed by atoms with Gasteiger partial charge in [-0.05, 0) is 12.1 Å². The molecule has 0 aliphatic carbocycles. The number of halogens is 1. The van der Waals surface area contributed by atoms with Gasteiger partial charge in [0.2, 0.25) is 5.91 Å². The lowest BCUT2D eigenvalue weighted by Crippen LogP contribution is -2.54. The lowest BCUT2D eigenvalue weighted by atomic mass is 10.0. The zero-order chi connectivity index (χ0) is 14.7. The maximum atomic E-state index is 13.6. The molecule has 1 atom stereocenters. The van der Waals surface area contributed by atoms with Crippen LogP contribution in [0.3, 0.4) is 0 Å². The molecule has 1 N–H and O–H groups in total. The number of nitrogens with one attached hydrogen (secondary N) is 1. The first-order chi connectivity index (χ1) is 9.52. The van der Waals surface area contributed by atoms with Gasteiger partial charge in [-0.25, -0.2) is 9.40 Å². The summed E-state index contributed by atoms with van der Waals surface area (Å²) in [6.45, 7) is -0.0500. The van der Waals surface area contributed by atoms with Crippen LogP contribution in [0.2, 0.25) is 0 Å². The van der Waals surface area contributed by atoms with Crippen LogP contribution in [-0.4, -0.2) is 36.4 Å². The first-order valence-corrected chi connectivity index (χ1v) is 5.96. The summed E-state index contributed by atoms with van der Waals surface area (Å²) in [5.74, 6) is -3.20. The maximum Gasteiger partial charge on any atom is 0.311 e. The second-order valence-corrected chi connectivity index (χ2v) is 4.35. The van der Waals surface area contributed by atoms with Crippen LogP contribution in [0.1, 0.15) is 16.8 Å². The topological polar surface area (TPSA) is 75.7 Å². The molecule has 1 heterocycles.